The van der Waals surface area contributed by atoms with Crippen molar-refractivity contribution in [1.82, 2.24) is 9.78 Å². The first-order valence-corrected chi connectivity index (χ1v) is 7.45. The maximum absolute atomic E-state index is 12.6. The van der Waals surface area contributed by atoms with E-state index in [-0.39, 0.29) is 11.3 Å². The van der Waals surface area contributed by atoms with Gasteiger partial charge < -0.3 is 5.32 Å². The van der Waals surface area contributed by atoms with Gasteiger partial charge in [-0.25, -0.2) is 4.68 Å². The fraction of sp³-hybridized carbons (Fsp3) is 0.111. The molecule has 0 radical (unpaired) electrons. The van der Waals surface area contributed by atoms with Gasteiger partial charge in [0.1, 0.15) is 0 Å². The normalized spacial score (nSPS) is 10.3. The van der Waals surface area contributed by atoms with Crippen LogP contribution in [0.4, 0.5) is 5.69 Å². The summed E-state index contributed by atoms with van der Waals surface area (Å²) in [5.74, 6) is -0.427. The predicted molar refractivity (Wildman–Crippen MR) is 90.8 cm³/mol. The smallest absolute Gasteiger partial charge is 0.276 e. The summed E-state index contributed by atoms with van der Waals surface area (Å²) in [6.45, 7) is 2.16. The molecule has 3 rings (SSSR count). The lowest BCUT2D eigenvalue weighted by Gasteiger charge is -2.10. The van der Waals surface area contributed by atoms with Crippen molar-refractivity contribution in [2.75, 3.05) is 5.32 Å². The Morgan fingerprint density at radius 1 is 1.21 bits per heavy atom. The Labute approximate surface area is 138 Å². The van der Waals surface area contributed by atoms with Crippen LogP contribution in [0, 0.1) is 11.3 Å². The van der Waals surface area contributed by atoms with Crippen LogP contribution in [-0.4, -0.2) is 15.7 Å². The van der Waals surface area contributed by atoms with Gasteiger partial charge in [0.2, 0.25) is 0 Å². The van der Waals surface area contributed by atoms with Crippen LogP contribution in [0.2, 0.25) is 0 Å². The average Bonchev–Trinajstić information content (AvgIpc) is 2.62. The van der Waals surface area contributed by atoms with E-state index in [1.807, 2.05) is 6.07 Å². The number of hydrogen-bond acceptors (Lipinski definition) is 4. The lowest BCUT2D eigenvalue weighted by Crippen LogP contribution is -2.27. The third-order valence-corrected chi connectivity index (χ3v) is 3.63. The van der Waals surface area contributed by atoms with Crippen molar-refractivity contribution in [2.24, 2.45) is 0 Å². The highest BCUT2D eigenvalue weighted by atomic mass is 16.2. The van der Waals surface area contributed by atoms with E-state index in [0.717, 1.165) is 0 Å². The van der Waals surface area contributed by atoms with Crippen LogP contribution in [0.3, 0.4) is 0 Å². The van der Waals surface area contributed by atoms with E-state index >= 15 is 0 Å². The van der Waals surface area contributed by atoms with Gasteiger partial charge in [0.05, 0.1) is 17.0 Å². The Kier molecular flexibility index (Phi) is 4.08. The molecule has 24 heavy (non-hydrogen) atoms. The quantitative estimate of drug-likeness (QED) is 0.804. The van der Waals surface area contributed by atoms with Crippen molar-refractivity contribution in [2.45, 2.75) is 13.5 Å². The molecule has 2 aromatic carbocycles. The minimum atomic E-state index is -0.427. The van der Waals surface area contributed by atoms with Gasteiger partial charge in [0.25, 0.3) is 11.5 Å². The third kappa shape index (κ3) is 2.75. The highest BCUT2D eigenvalue weighted by molar-refractivity contribution is 6.11. The first kappa shape index (κ1) is 15.4. The molecule has 3 aromatic rings. The second-order valence-corrected chi connectivity index (χ2v) is 5.16. The summed E-state index contributed by atoms with van der Waals surface area (Å²) in [5, 5.41) is 16.8. The molecule has 1 heterocycles. The molecule has 6 heteroatoms. The fourth-order valence-electron chi connectivity index (χ4n) is 2.47. The molecule has 0 saturated heterocycles. The Balaban J connectivity index is 2.08. The van der Waals surface area contributed by atoms with E-state index < -0.39 is 5.91 Å². The Morgan fingerprint density at radius 2 is 1.96 bits per heavy atom. The summed E-state index contributed by atoms with van der Waals surface area (Å²) in [4.78, 5) is 24.9. The summed E-state index contributed by atoms with van der Waals surface area (Å²) in [6.07, 6.45) is 0. The number of nitrogens with one attached hydrogen (secondary N) is 1. The minimum absolute atomic E-state index is 0.175. The number of aromatic nitrogens is 2. The third-order valence-electron chi connectivity index (χ3n) is 3.63. The van der Waals surface area contributed by atoms with Crippen LogP contribution in [0.5, 0.6) is 0 Å². The van der Waals surface area contributed by atoms with Gasteiger partial charge >= 0.3 is 0 Å². The number of aryl methyl sites for hydroxylation is 1. The van der Waals surface area contributed by atoms with Crippen LogP contribution >= 0.6 is 0 Å². The largest absolute Gasteiger partial charge is 0.321 e. The lowest BCUT2D eigenvalue weighted by molar-refractivity contribution is 0.102. The standard InChI is InChI=1S/C18H14N4O2/c1-2-22-18(24)15-9-4-3-8-14(15)16(21-22)17(23)20-13-7-5-6-12(10-13)11-19/h3-10H,2H2,1H3,(H,20,23). The van der Waals surface area contributed by atoms with E-state index in [1.165, 1.54) is 4.68 Å². The topological polar surface area (TPSA) is 87.8 Å². The Bertz CT molecular complexity index is 1030. The van der Waals surface area contributed by atoms with Gasteiger partial charge in [0.15, 0.2) is 5.69 Å². The zero-order valence-corrected chi connectivity index (χ0v) is 13.0. The van der Waals surface area contributed by atoms with Crippen LogP contribution in [0.15, 0.2) is 53.3 Å². The number of fused-ring (bicyclic) bond motifs is 1. The average molecular weight is 318 g/mol. The molecule has 0 bridgehead atoms. The van der Waals surface area contributed by atoms with Gasteiger partial charge in [0, 0.05) is 17.6 Å². The highest BCUT2D eigenvalue weighted by Gasteiger charge is 2.16. The summed E-state index contributed by atoms with van der Waals surface area (Å²) < 4.78 is 1.27. The van der Waals surface area contributed by atoms with Crippen molar-refractivity contribution < 1.29 is 4.79 Å². The van der Waals surface area contributed by atoms with Crippen molar-refractivity contribution in [1.29, 1.82) is 5.26 Å². The number of anilines is 1. The lowest BCUT2D eigenvalue weighted by atomic mass is 10.1. The molecule has 0 aliphatic carbocycles. The first-order valence-electron chi connectivity index (χ1n) is 7.45. The van der Waals surface area contributed by atoms with E-state index in [9.17, 15) is 9.59 Å². The molecule has 6 nitrogen and oxygen atoms in total. The van der Waals surface area contributed by atoms with Crippen LogP contribution in [-0.2, 0) is 6.54 Å². The summed E-state index contributed by atoms with van der Waals surface area (Å²) in [5.41, 5.74) is 0.897. The van der Waals surface area contributed by atoms with E-state index in [0.29, 0.717) is 28.6 Å². The van der Waals surface area contributed by atoms with E-state index in [2.05, 4.69) is 10.4 Å². The summed E-state index contributed by atoms with van der Waals surface area (Å²) in [7, 11) is 0. The highest BCUT2D eigenvalue weighted by Crippen LogP contribution is 2.16. The number of rotatable bonds is 3. The molecule has 1 N–H and O–H groups in total. The van der Waals surface area contributed by atoms with Crippen LogP contribution in [0.25, 0.3) is 10.8 Å². The van der Waals surface area contributed by atoms with Gasteiger partial charge in [-0.15, -0.1) is 0 Å². The van der Waals surface area contributed by atoms with Gasteiger partial charge in [-0.05, 0) is 31.2 Å². The summed E-state index contributed by atoms with van der Waals surface area (Å²) >= 11 is 0. The molecule has 0 spiro atoms. The number of hydrogen-bond donors (Lipinski definition) is 1. The molecule has 0 saturated carbocycles. The number of amides is 1. The van der Waals surface area contributed by atoms with Crippen molar-refractivity contribution >= 4 is 22.4 Å². The van der Waals surface area contributed by atoms with Gasteiger partial charge in [-0.2, -0.15) is 10.4 Å². The van der Waals surface area contributed by atoms with Gasteiger partial charge in [-0.1, -0.05) is 24.3 Å². The monoisotopic (exact) mass is 318 g/mol. The van der Waals surface area contributed by atoms with Crippen molar-refractivity contribution in [3.05, 3.63) is 70.1 Å². The molecule has 0 atom stereocenters. The molecule has 1 aromatic heterocycles. The number of benzene rings is 2. The predicted octanol–water partition coefficient (Wildman–Crippen LogP) is 2.54. The Morgan fingerprint density at radius 3 is 2.67 bits per heavy atom. The number of nitrogens with zero attached hydrogens (tertiary/aromatic N) is 3. The maximum Gasteiger partial charge on any atom is 0.276 e. The molecular weight excluding hydrogens is 304 g/mol. The molecule has 0 aliphatic heterocycles. The molecular formula is C18H14N4O2. The molecule has 118 valence electrons. The minimum Gasteiger partial charge on any atom is -0.321 e. The number of nitriles is 1. The first-order chi connectivity index (χ1) is 11.6. The number of carbonyl (C=O) groups excluding carboxylic acids is 1. The maximum atomic E-state index is 12.6. The molecule has 0 aliphatic rings. The SMILES string of the molecule is CCn1nc(C(=O)Nc2cccc(C#N)c2)c2ccccc2c1=O. The molecule has 0 unspecified atom stereocenters. The fourth-order valence-corrected chi connectivity index (χ4v) is 2.47. The molecule has 1 amide bonds. The van der Waals surface area contributed by atoms with Gasteiger partial charge in [-0.3, -0.25) is 9.59 Å². The van der Waals surface area contributed by atoms with Crippen molar-refractivity contribution in [3.8, 4) is 6.07 Å². The second-order valence-electron chi connectivity index (χ2n) is 5.16. The van der Waals surface area contributed by atoms with E-state index in [4.69, 9.17) is 5.26 Å². The summed E-state index contributed by atoms with van der Waals surface area (Å²) in [6, 6.07) is 15.5. The van der Waals surface area contributed by atoms with Crippen LogP contribution in [0.1, 0.15) is 23.0 Å². The second kappa shape index (κ2) is 6.34. The molecule has 0 fully saturated rings. The van der Waals surface area contributed by atoms with Crippen LogP contribution < -0.4 is 10.9 Å². The zero-order chi connectivity index (χ0) is 17.1. The zero-order valence-electron chi connectivity index (χ0n) is 13.0. The number of carbonyl (C=O) groups is 1. The Hall–Kier alpha value is -3.46. The van der Waals surface area contributed by atoms with E-state index in [1.54, 1.807) is 55.5 Å². The van der Waals surface area contributed by atoms with Crippen molar-refractivity contribution in [3.63, 3.8) is 0 Å².